The van der Waals surface area contributed by atoms with Gasteiger partial charge in [0.25, 0.3) is 0 Å². The van der Waals surface area contributed by atoms with E-state index < -0.39 is 0 Å². The van der Waals surface area contributed by atoms with Gasteiger partial charge >= 0.3 is 5.97 Å². The SMILES string of the molecule is CC(C)CCC[C@@H](C)[C@H]1CC[C@H]2[C@@H]3CCC4C[C@@H](OC(=O)CCN5CCOCC5)CC[C@]4(C)[C@H]3CCC12C. The molecule has 1 heterocycles. The van der Waals surface area contributed by atoms with Gasteiger partial charge in [0.05, 0.1) is 19.6 Å². The van der Waals surface area contributed by atoms with Crippen LogP contribution in [0.15, 0.2) is 0 Å². The maximum atomic E-state index is 12.7. The predicted molar refractivity (Wildman–Crippen MR) is 155 cm³/mol. The lowest BCUT2D eigenvalue weighted by atomic mass is 9.44. The van der Waals surface area contributed by atoms with Crippen LogP contribution in [0, 0.1) is 52.3 Å². The lowest BCUT2D eigenvalue weighted by molar-refractivity contribution is -0.163. The Balaban J connectivity index is 1.14. The Labute approximate surface area is 234 Å². The highest BCUT2D eigenvalue weighted by atomic mass is 16.5. The van der Waals surface area contributed by atoms with Gasteiger partial charge in [0.2, 0.25) is 0 Å². The molecule has 0 amide bonds. The molecule has 5 rings (SSSR count). The number of carbonyl (C=O) groups excluding carboxylic acids is 1. The summed E-state index contributed by atoms with van der Waals surface area (Å²) in [5.41, 5.74) is 1.04. The zero-order valence-electron chi connectivity index (χ0n) is 25.5. The van der Waals surface area contributed by atoms with Crippen LogP contribution in [0.5, 0.6) is 0 Å². The molecule has 1 saturated heterocycles. The van der Waals surface area contributed by atoms with E-state index in [1.807, 2.05) is 0 Å². The molecule has 1 aliphatic heterocycles. The minimum absolute atomic E-state index is 0.0201. The summed E-state index contributed by atoms with van der Waals surface area (Å²) in [6.45, 7) is 17.0. The molecule has 0 bridgehead atoms. The molecule has 4 heteroatoms. The molecule has 5 fully saturated rings. The topological polar surface area (TPSA) is 38.8 Å². The number of rotatable bonds is 9. The molecule has 0 aromatic heterocycles. The summed E-state index contributed by atoms with van der Waals surface area (Å²) in [4.78, 5) is 15.0. The van der Waals surface area contributed by atoms with Gasteiger partial charge in [-0.1, -0.05) is 53.9 Å². The van der Waals surface area contributed by atoms with Gasteiger partial charge in [-0.2, -0.15) is 0 Å². The number of ether oxygens (including phenoxy) is 2. The Morgan fingerprint density at radius 1 is 0.921 bits per heavy atom. The summed E-state index contributed by atoms with van der Waals surface area (Å²) in [6, 6.07) is 0. The molecular formula is C34H59NO3. The van der Waals surface area contributed by atoms with Gasteiger partial charge in [0.1, 0.15) is 6.10 Å². The van der Waals surface area contributed by atoms with Crippen molar-refractivity contribution in [2.75, 3.05) is 32.8 Å². The molecule has 4 nitrogen and oxygen atoms in total. The monoisotopic (exact) mass is 529 g/mol. The molecular weight excluding hydrogens is 470 g/mol. The molecule has 0 aromatic carbocycles. The standard InChI is InChI=1S/C34H59NO3/c1-24(2)7-6-8-25(3)29-11-12-30-28-10-9-26-23-27(38-32(36)15-18-35-19-21-37-22-20-35)13-16-33(26,4)31(28)14-17-34(29,30)5/h24-31H,6-23H2,1-5H3/t25-,26?,27+,28+,29-,30+,31+,33+,34?/m1/s1. The third-order valence-electron chi connectivity index (χ3n) is 12.9. The molecule has 0 radical (unpaired) electrons. The van der Waals surface area contributed by atoms with Crippen molar-refractivity contribution in [2.24, 2.45) is 52.3 Å². The van der Waals surface area contributed by atoms with Crippen LogP contribution < -0.4 is 0 Å². The fourth-order valence-corrected chi connectivity index (χ4v) is 10.7. The molecule has 4 aliphatic carbocycles. The zero-order valence-corrected chi connectivity index (χ0v) is 25.5. The summed E-state index contributed by atoms with van der Waals surface area (Å²) in [7, 11) is 0. The second-order valence-corrected chi connectivity index (χ2v) is 15.3. The summed E-state index contributed by atoms with van der Waals surface area (Å²) in [5, 5.41) is 0. The van der Waals surface area contributed by atoms with Crippen molar-refractivity contribution in [2.45, 2.75) is 124 Å². The van der Waals surface area contributed by atoms with Gasteiger partial charge in [-0.25, -0.2) is 0 Å². The molecule has 0 aromatic rings. The molecule has 0 N–H and O–H groups in total. The van der Waals surface area contributed by atoms with Crippen molar-refractivity contribution in [3.8, 4) is 0 Å². The normalized spacial score (nSPS) is 42.3. The van der Waals surface area contributed by atoms with Gasteiger partial charge in [0.15, 0.2) is 0 Å². The number of fused-ring (bicyclic) bond motifs is 5. The molecule has 4 saturated carbocycles. The van der Waals surface area contributed by atoms with Crippen molar-refractivity contribution in [3.63, 3.8) is 0 Å². The summed E-state index contributed by atoms with van der Waals surface area (Å²) in [5.74, 6) is 6.22. The first-order valence-corrected chi connectivity index (χ1v) is 16.7. The molecule has 0 spiro atoms. The highest BCUT2D eigenvalue weighted by Crippen LogP contribution is 2.68. The van der Waals surface area contributed by atoms with Crippen molar-refractivity contribution >= 4 is 5.97 Å². The van der Waals surface area contributed by atoms with Gasteiger partial charge in [-0.15, -0.1) is 0 Å². The Morgan fingerprint density at radius 2 is 1.66 bits per heavy atom. The molecule has 218 valence electrons. The number of carbonyl (C=O) groups is 1. The average Bonchev–Trinajstić information content (AvgIpc) is 3.25. The van der Waals surface area contributed by atoms with E-state index in [0.717, 1.165) is 87.1 Å². The largest absolute Gasteiger partial charge is 0.462 e. The second-order valence-electron chi connectivity index (χ2n) is 15.3. The number of morpholine rings is 1. The fourth-order valence-electron chi connectivity index (χ4n) is 10.7. The van der Waals surface area contributed by atoms with E-state index in [1.54, 1.807) is 0 Å². The third-order valence-corrected chi connectivity index (χ3v) is 12.9. The predicted octanol–water partition coefficient (Wildman–Crippen LogP) is 7.74. The minimum Gasteiger partial charge on any atom is -0.462 e. The van der Waals surface area contributed by atoms with E-state index in [2.05, 4.69) is 39.5 Å². The first-order chi connectivity index (χ1) is 18.2. The van der Waals surface area contributed by atoms with Crippen molar-refractivity contribution in [3.05, 3.63) is 0 Å². The second kappa shape index (κ2) is 12.1. The summed E-state index contributed by atoms with van der Waals surface area (Å²) >= 11 is 0. The number of esters is 1. The Morgan fingerprint density at radius 3 is 2.42 bits per heavy atom. The molecule has 2 unspecified atom stereocenters. The minimum atomic E-state index is 0.0201. The fraction of sp³-hybridized carbons (Fsp3) is 0.971. The van der Waals surface area contributed by atoms with Crippen LogP contribution in [0.4, 0.5) is 0 Å². The highest BCUT2D eigenvalue weighted by Gasteiger charge is 2.60. The van der Waals surface area contributed by atoms with Crippen LogP contribution in [0.1, 0.15) is 118 Å². The zero-order chi connectivity index (χ0) is 26.9. The van der Waals surface area contributed by atoms with Crippen LogP contribution in [0.25, 0.3) is 0 Å². The molecule has 5 aliphatic rings. The van der Waals surface area contributed by atoms with E-state index in [0.29, 0.717) is 17.3 Å². The van der Waals surface area contributed by atoms with Crippen molar-refractivity contribution < 1.29 is 14.3 Å². The van der Waals surface area contributed by atoms with E-state index in [4.69, 9.17) is 9.47 Å². The van der Waals surface area contributed by atoms with Gasteiger partial charge in [0, 0.05) is 19.6 Å². The molecule has 38 heavy (non-hydrogen) atoms. The van der Waals surface area contributed by atoms with E-state index in [-0.39, 0.29) is 12.1 Å². The Bertz CT molecular complexity index is 793. The maximum Gasteiger partial charge on any atom is 0.307 e. The molecule has 9 atom stereocenters. The van der Waals surface area contributed by atoms with Gasteiger partial charge in [-0.3, -0.25) is 9.69 Å². The van der Waals surface area contributed by atoms with E-state index >= 15 is 0 Å². The number of nitrogens with zero attached hydrogens (tertiary/aromatic N) is 1. The third kappa shape index (κ3) is 5.88. The average molecular weight is 530 g/mol. The van der Waals surface area contributed by atoms with E-state index in [1.165, 1.54) is 64.2 Å². The van der Waals surface area contributed by atoms with Crippen LogP contribution in [-0.4, -0.2) is 49.8 Å². The van der Waals surface area contributed by atoms with Crippen LogP contribution in [0.3, 0.4) is 0 Å². The Kier molecular flexibility index (Phi) is 9.20. The van der Waals surface area contributed by atoms with Gasteiger partial charge in [-0.05, 0) is 110 Å². The van der Waals surface area contributed by atoms with Gasteiger partial charge < -0.3 is 9.47 Å². The van der Waals surface area contributed by atoms with Crippen LogP contribution in [0.2, 0.25) is 0 Å². The van der Waals surface area contributed by atoms with Crippen LogP contribution in [-0.2, 0) is 14.3 Å². The maximum absolute atomic E-state index is 12.7. The highest BCUT2D eigenvalue weighted by molar-refractivity contribution is 5.69. The number of hydrogen-bond donors (Lipinski definition) is 0. The smallest absolute Gasteiger partial charge is 0.307 e. The Hall–Kier alpha value is -0.610. The van der Waals surface area contributed by atoms with E-state index in [9.17, 15) is 4.79 Å². The summed E-state index contributed by atoms with van der Waals surface area (Å²) in [6.07, 6.45) is 17.0. The van der Waals surface area contributed by atoms with Crippen molar-refractivity contribution in [1.82, 2.24) is 4.90 Å². The van der Waals surface area contributed by atoms with Crippen LogP contribution >= 0.6 is 0 Å². The quantitative estimate of drug-likeness (QED) is 0.286. The lowest BCUT2D eigenvalue weighted by Crippen LogP contribution is -2.54. The first kappa shape index (κ1) is 28.9. The lowest BCUT2D eigenvalue weighted by Gasteiger charge is -2.61. The summed E-state index contributed by atoms with van der Waals surface area (Å²) < 4.78 is 11.5. The first-order valence-electron chi connectivity index (χ1n) is 16.7. The van der Waals surface area contributed by atoms with Crippen molar-refractivity contribution in [1.29, 1.82) is 0 Å². The number of hydrogen-bond acceptors (Lipinski definition) is 4.